The number of nitrogens with zero attached hydrogens (tertiary/aromatic N) is 1. The standard InChI is InChI=1S/C20H21BrFNO3/c1-20(2,3)23(12-14-7-5-4-6-8-14)18(24)13-26-19(25)16-11-15(22)9-10-17(16)21/h4-11H,12-13H2,1-3H3. The Labute approximate surface area is 161 Å². The molecule has 4 nitrogen and oxygen atoms in total. The van der Waals surface area contributed by atoms with Crippen LogP contribution < -0.4 is 0 Å². The lowest BCUT2D eigenvalue weighted by Crippen LogP contribution is -2.46. The molecule has 0 atom stereocenters. The van der Waals surface area contributed by atoms with Crippen molar-refractivity contribution in [2.24, 2.45) is 0 Å². The third-order valence-electron chi connectivity index (χ3n) is 3.77. The van der Waals surface area contributed by atoms with Gasteiger partial charge in [-0.2, -0.15) is 0 Å². The third-order valence-corrected chi connectivity index (χ3v) is 4.46. The molecule has 6 heteroatoms. The molecule has 2 aromatic carbocycles. The van der Waals surface area contributed by atoms with Gasteiger partial charge in [0.05, 0.1) is 5.56 Å². The minimum Gasteiger partial charge on any atom is -0.452 e. The minimum atomic E-state index is -0.752. The number of carbonyl (C=O) groups excluding carboxylic acids is 2. The van der Waals surface area contributed by atoms with Gasteiger partial charge in [0.15, 0.2) is 6.61 Å². The normalized spacial score (nSPS) is 11.1. The average Bonchev–Trinajstić information content (AvgIpc) is 2.59. The highest BCUT2D eigenvalue weighted by Crippen LogP contribution is 2.20. The quantitative estimate of drug-likeness (QED) is 0.664. The molecule has 26 heavy (non-hydrogen) atoms. The fraction of sp³-hybridized carbons (Fsp3) is 0.300. The lowest BCUT2D eigenvalue weighted by molar-refractivity contribution is -0.140. The van der Waals surface area contributed by atoms with Crippen LogP contribution in [0.15, 0.2) is 53.0 Å². The van der Waals surface area contributed by atoms with Crippen molar-refractivity contribution in [3.05, 3.63) is 69.9 Å². The van der Waals surface area contributed by atoms with Gasteiger partial charge in [-0.1, -0.05) is 30.3 Å². The van der Waals surface area contributed by atoms with E-state index in [1.807, 2.05) is 51.1 Å². The molecule has 0 N–H and O–H groups in total. The second-order valence-electron chi connectivity index (χ2n) is 6.84. The highest BCUT2D eigenvalue weighted by molar-refractivity contribution is 9.10. The zero-order chi connectivity index (χ0) is 19.3. The summed E-state index contributed by atoms with van der Waals surface area (Å²) in [5.41, 5.74) is 0.580. The Bertz CT molecular complexity index is 787. The predicted molar refractivity (Wildman–Crippen MR) is 101 cm³/mol. The van der Waals surface area contributed by atoms with Gasteiger partial charge in [-0.05, 0) is 60.5 Å². The molecule has 0 unspecified atom stereocenters. The topological polar surface area (TPSA) is 46.6 Å². The number of rotatable bonds is 5. The average molecular weight is 422 g/mol. The molecule has 0 aromatic heterocycles. The number of carbonyl (C=O) groups is 2. The molecular formula is C20H21BrFNO3. The Kier molecular flexibility index (Phi) is 6.53. The Balaban J connectivity index is 2.07. The lowest BCUT2D eigenvalue weighted by atomic mass is 10.0. The molecule has 0 heterocycles. The maximum atomic E-state index is 13.3. The summed E-state index contributed by atoms with van der Waals surface area (Å²) < 4.78 is 18.9. The van der Waals surface area contributed by atoms with Crippen LogP contribution in [-0.4, -0.2) is 28.9 Å². The zero-order valence-electron chi connectivity index (χ0n) is 15.0. The molecule has 2 rings (SSSR count). The first-order valence-electron chi connectivity index (χ1n) is 8.15. The van der Waals surface area contributed by atoms with Crippen LogP contribution in [0.5, 0.6) is 0 Å². The predicted octanol–water partition coefficient (Wildman–Crippen LogP) is 4.57. The Morgan fingerprint density at radius 2 is 1.77 bits per heavy atom. The third kappa shape index (κ3) is 5.39. The number of halogens is 2. The summed E-state index contributed by atoms with van der Waals surface area (Å²) >= 11 is 3.18. The van der Waals surface area contributed by atoms with Crippen LogP contribution in [0.3, 0.4) is 0 Å². The Hall–Kier alpha value is -2.21. The SMILES string of the molecule is CC(C)(C)N(Cc1ccccc1)C(=O)COC(=O)c1cc(F)ccc1Br. The Morgan fingerprint density at radius 3 is 2.38 bits per heavy atom. The number of amides is 1. The van der Waals surface area contributed by atoms with Gasteiger partial charge < -0.3 is 9.64 Å². The molecule has 0 saturated heterocycles. The van der Waals surface area contributed by atoms with Crippen LogP contribution >= 0.6 is 15.9 Å². The summed E-state index contributed by atoms with van der Waals surface area (Å²) in [4.78, 5) is 26.5. The number of hydrogen-bond acceptors (Lipinski definition) is 3. The molecule has 0 aliphatic rings. The van der Waals surface area contributed by atoms with Gasteiger partial charge >= 0.3 is 5.97 Å². The van der Waals surface area contributed by atoms with Gasteiger partial charge in [-0.3, -0.25) is 4.79 Å². The smallest absolute Gasteiger partial charge is 0.339 e. The van der Waals surface area contributed by atoms with Crippen molar-refractivity contribution < 1.29 is 18.7 Å². The van der Waals surface area contributed by atoms with E-state index in [0.29, 0.717) is 11.0 Å². The first kappa shape index (κ1) is 20.1. The highest BCUT2D eigenvalue weighted by atomic mass is 79.9. The van der Waals surface area contributed by atoms with Crippen LogP contribution in [0, 0.1) is 5.82 Å². The van der Waals surface area contributed by atoms with E-state index in [0.717, 1.165) is 11.6 Å². The van der Waals surface area contributed by atoms with Crippen LogP contribution in [-0.2, 0) is 16.1 Å². The van der Waals surface area contributed by atoms with Crippen molar-refractivity contribution in [1.82, 2.24) is 4.90 Å². The van der Waals surface area contributed by atoms with Crippen LogP contribution in [0.25, 0.3) is 0 Å². The number of hydrogen-bond donors (Lipinski definition) is 0. The maximum Gasteiger partial charge on any atom is 0.339 e. The second-order valence-corrected chi connectivity index (χ2v) is 7.69. The van der Waals surface area contributed by atoms with E-state index < -0.39 is 23.9 Å². The summed E-state index contributed by atoms with van der Waals surface area (Å²) in [6, 6.07) is 13.3. The molecule has 0 spiro atoms. The van der Waals surface area contributed by atoms with Crippen molar-refractivity contribution in [3.63, 3.8) is 0 Å². The largest absolute Gasteiger partial charge is 0.452 e. The monoisotopic (exact) mass is 421 g/mol. The molecule has 0 radical (unpaired) electrons. The van der Waals surface area contributed by atoms with Crippen molar-refractivity contribution >= 4 is 27.8 Å². The van der Waals surface area contributed by atoms with Gasteiger partial charge in [-0.25, -0.2) is 9.18 Å². The minimum absolute atomic E-state index is 0.0446. The van der Waals surface area contributed by atoms with Gasteiger partial charge in [0.25, 0.3) is 5.91 Å². The number of benzene rings is 2. The summed E-state index contributed by atoms with van der Waals surface area (Å²) in [5.74, 6) is -1.62. The zero-order valence-corrected chi connectivity index (χ0v) is 16.5. The molecule has 0 aliphatic carbocycles. The first-order chi connectivity index (χ1) is 12.2. The van der Waals surface area contributed by atoms with Gasteiger partial charge in [-0.15, -0.1) is 0 Å². The summed E-state index contributed by atoms with van der Waals surface area (Å²) in [6.45, 7) is 5.74. The molecule has 1 amide bonds. The highest BCUT2D eigenvalue weighted by Gasteiger charge is 2.27. The van der Waals surface area contributed by atoms with Crippen molar-refractivity contribution in [2.45, 2.75) is 32.9 Å². The van der Waals surface area contributed by atoms with E-state index in [9.17, 15) is 14.0 Å². The van der Waals surface area contributed by atoms with Crippen LogP contribution in [0.2, 0.25) is 0 Å². The Morgan fingerprint density at radius 1 is 1.12 bits per heavy atom. The number of esters is 1. The summed E-state index contributed by atoms with van der Waals surface area (Å²) in [5, 5.41) is 0. The molecule has 2 aromatic rings. The van der Waals surface area contributed by atoms with E-state index >= 15 is 0 Å². The van der Waals surface area contributed by atoms with Gasteiger partial charge in [0.2, 0.25) is 0 Å². The maximum absolute atomic E-state index is 13.3. The van der Waals surface area contributed by atoms with E-state index in [-0.39, 0.29) is 11.5 Å². The van der Waals surface area contributed by atoms with Gasteiger partial charge in [0, 0.05) is 16.6 Å². The van der Waals surface area contributed by atoms with Crippen molar-refractivity contribution in [3.8, 4) is 0 Å². The van der Waals surface area contributed by atoms with Gasteiger partial charge in [0.1, 0.15) is 5.82 Å². The van der Waals surface area contributed by atoms with E-state index in [4.69, 9.17) is 4.74 Å². The van der Waals surface area contributed by atoms with Crippen LogP contribution in [0.4, 0.5) is 4.39 Å². The summed E-state index contributed by atoms with van der Waals surface area (Å²) in [7, 11) is 0. The molecule has 0 saturated carbocycles. The molecule has 138 valence electrons. The lowest BCUT2D eigenvalue weighted by Gasteiger charge is -2.35. The summed E-state index contributed by atoms with van der Waals surface area (Å²) in [6.07, 6.45) is 0. The molecule has 0 aliphatic heterocycles. The second kappa shape index (κ2) is 8.45. The van der Waals surface area contributed by atoms with Crippen LogP contribution in [0.1, 0.15) is 36.7 Å². The number of ether oxygens (including phenoxy) is 1. The van der Waals surface area contributed by atoms with Crippen molar-refractivity contribution in [1.29, 1.82) is 0 Å². The van der Waals surface area contributed by atoms with E-state index in [1.54, 1.807) is 4.90 Å². The fourth-order valence-electron chi connectivity index (χ4n) is 2.40. The van der Waals surface area contributed by atoms with E-state index in [1.165, 1.54) is 12.1 Å². The fourth-order valence-corrected chi connectivity index (χ4v) is 2.81. The first-order valence-corrected chi connectivity index (χ1v) is 8.94. The van der Waals surface area contributed by atoms with Crippen molar-refractivity contribution in [2.75, 3.05) is 6.61 Å². The molecular weight excluding hydrogens is 401 g/mol. The molecule has 0 bridgehead atoms. The van der Waals surface area contributed by atoms with E-state index in [2.05, 4.69) is 15.9 Å². The molecule has 0 fully saturated rings.